The molecular formula is C18H27N3. The Morgan fingerprint density at radius 2 is 1.90 bits per heavy atom. The number of likely N-dealkylation sites (tertiary alicyclic amines) is 1. The maximum absolute atomic E-state index is 4.96. The molecule has 1 fully saturated rings. The quantitative estimate of drug-likeness (QED) is 0.812. The van der Waals surface area contributed by atoms with Gasteiger partial charge in [-0.3, -0.25) is 4.90 Å². The Balaban J connectivity index is 1.95. The molecule has 0 aliphatic carbocycles. The van der Waals surface area contributed by atoms with Crippen molar-refractivity contribution in [1.29, 1.82) is 0 Å². The van der Waals surface area contributed by atoms with Crippen molar-refractivity contribution >= 4 is 11.0 Å². The molecule has 1 unspecified atom stereocenters. The van der Waals surface area contributed by atoms with Crippen molar-refractivity contribution < 1.29 is 0 Å². The van der Waals surface area contributed by atoms with Crippen LogP contribution in [-0.4, -0.2) is 27.5 Å². The molecule has 21 heavy (non-hydrogen) atoms. The predicted molar refractivity (Wildman–Crippen MR) is 88.5 cm³/mol. The van der Waals surface area contributed by atoms with E-state index in [0.29, 0.717) is 6.04 Å². The highest BCUT2D eigenvalue weighted by molar-refractivity contribution is 5.76. The molecule has 1 atom stereocenters. The summed E-state index contributed by atoms with van der Waals surface area (Å²) in [5.74, 6) is 1.26. The van der Waals surface area contributed by atoms with E-state index in [0.717, 1.165) is 12.1 Å². The van der Waals surface area contributed by atoms with E-state index in [-0.39, 0.29) is 0 Å². The number of rotatable bonds is 5. The van der Waals surface area contributed by atoms with Gasteiger partial charge in [0, 0.05) is 6.54 Å². The molecule has 0 spiro atoms. The first-order valence-electron chi connectivity index (χ1n) is 8.50. The predicted octanol–water partition coefficient (Wildman–Crippen LogP) is 4.38. The minimum atomic E-state index is 0.426. The fraction of sp³-hybridized carbons (Fsp3) is 0.611. The van der Waals surface area contributed by atoms with Gasteiger partial charge in [-0.1, -0.05) is 31.9 Å². The monoisotopic (exact) mass is 285 g/mol. The smallest absolute Gasteiger partial charge is 0.127 e. The zero-order chi connectivity index (χ0) is 14.7. The molecule has 0 saturated carbocycles. The topological polar surface area (TPSA) is 21.1 Å². The van der Waals surface area contributed by atoms with Gasteiger partial charge in [-0.2, -0.15) is 0 Å². The van der Waals surface area contributed by atoms with Crippen LogP contribution in [0, 0.1) is 0 Å². The van der Waals surface area contributed by atoms with Crippen LogP contribution in [0.25, 0.3) is 11.0 Å². The summed E-state index contributed by atoms with van der Waals surface area (Å²) in [4.78, 5) is 7.57. The van der Waals surface area contributed by atoms with Crippen molar-refractivity contribution in [1.82, 2.24) is 14.5 Å². The van der Waals surface area contributed by atoms with Gasteiger partial charge in [-0.15, -0.1) is 0 Å². The Kier molecular flexibility index (Phi) is 4.59. The summed E-state index contributed by atoms with van der Waals surface area (Å²) in [6, 6.07) is 9.00. The molecule has 3 rings (SSSR count). The molecule has 1 aromatic carbocycles. The van der Waals surface area contributed by atoms with Crippen LogP contribution in [0.5, 0.6) is 0 Å². The fourth-order valence-corrected chi connectivity index (χ4v) is 3.43. The van der Waals surface area contributed by atoms with Gasteiger partial charge < -0.3 is 4.57 Å². The molecule has 3 heteroatoms. The van der Waals surface area contributed by atoms with E-state index in [1.807, 2.05) is 0 Å². The van der Waals surface area contributed by atoms with Gasteiger partial charge in [0.15, 0.2) is 0 Å². The Labute approximate surface area is 128 Å². The van der Waals surface area contributed by atoms with E-state index < -0.39 is 0 Å². The van der Waals surface area contributed by atoms with E-state index in [1.165, 1.54) is 56.5 Å². The Morgan fingerprint density at radius 1 is 1.14 bits per heavy atom. The number of benzene rings is 1. The van der Waals surface area contributed by atoms with Crippen LogP contribution in [-0.2, 0) is 6.54 Å². The first kappa shape index (κ1) is 14.6. The van der Waals surface area contributed by atoms with Crippen LogP contribution in [0.1, 0.15) is 57.8 Å². The van der Waals surface area contributed by atoms with Crippen LogP contribution in [0.4, 0.5) is 0 Å². The van der Waals surface area contributed by atoms with E-state index in [1.54, 1.807) is 0 Å². The Hall–Kier alpha value is -1.35. The van der Waals surface area contributed by atoms with Crippen molar-refractivity contribution in [3.05, 3.63) is 30.1 Å². The number of nitrogens with zero attached hydrogens (tertiary/aromatic N) is 3. The van der Waals surface area contributed by atoms with Gasteiger partial charge in [-0.25, -0.2) is 4.98 Å². The largest absolute Gasteiger partial charge is 0.327 e. The molecule has 0 amide bonds. The Morgan fingerprint density at radius 3 is 2.67 bits per heavy atom. The maximum Gasteiger partial charge on any atom is 0.127 e. The second-order valence-electron chi connectivity index (χ2n) is 6.24. The fourth-order valence-electron chi connectivity index (χ4n) is 3.43. The summed E-state index contributed by atoms with van der Waals surface area (Å²) in [5, 5.41) is 0. The third-order valence-electron chi connectivity index (χ3n) is 4.73. The summed E-state index contributed by atoms with van der Waals surface area (Å²) < 4.78 is 2.46. The average molecular weight is 285 g/mol. The normalized spacial score (nSPS) is 18.2. The molecule has 0 radical (unpaired) electrons. The van der Waals surface area contributed by atoms with E-state index in [4.69, 9.17) is 4.98 Å². The van der Waals surface area contributed by atoms with E-state index in [9.17, 15) is 0 Å². The van der Waals surface area contributed by atoms with Crippen molar-refractivity contribution in [3.8, 4) is 0 Å². The minimum absolute atomic E-state index is 0.426. The number of unbranched alkanes of at least 4 members (excludes halogenated alkanes) is 1. The lowest BCUT2D eigenvalue weighted by molar-refractivity contribution is 0.166. The molecular weight excluding hydrogens is 258 g/mol. The molecule has 1 saturated heterocycles. The van der Waals surface area contributed by atoms with Gasteiger partial charge >= 0.3 is 0 Å². The number of hydrogen-bond acceptors (Lipinski definition) is 2. The van der Waals surface area contributed by atoms with Gasteiger partial charge in [0.2, 0.25) is 0 Å². The van der Waals surface area contributed by atoms with Crippen molar-refractivity contribution in [2.24, 2.45) is 0 Å². The Bertz CT molecular complexity index is 581. The minimum Gasteiger partial charge on any atom is -0.327 e. The molecule has 2 aromatic rings. The summed E-state index contributed by atoms with van der Waals surface area (Å²) in [7, 11) is 0. The second-order valence-corrected chi connectivity index (χ2v) is 6.24. The first-order valence-corrected chi connectivity index (χ1v) is 8.50. The molecule has 0 N–H and O–H groups in total. The number of fused-ring (bicyclic) bond motifs is 1. The number of para-hydroxylation sites is 2. The molecule has 0 bridgehead atoms. The number of piperidine rings is 1. The first-order chi connectivity index (χ1) is 10.3. The summed E-state index contributed by atoms with van der Waals surface area (Å²) in [5.41, 5.74) is 2.44. The molecule has 114 valence electrons. The third kappa shape index (κ3) is 2.98. The SMILES string of the molecule is CCCCn1c(C(C)N2CCCCC2)nc2ccccc21. The van der Waals surface area contributed by atoms with Crippen molar-refractivity contribution in [2.45, 2.75) is 58.5 Å². The summed E-state index contributed by atoms with van der Waals surface area (Å²) >= 11 is 0. The lowest BCUT2D eigenvalue weighted by Crippen LogP contribution is -2.33. The van der Waals surface area contributed by atoms with Gasteiger partial charge in [0.25, 0.3) is 0 Å². The van der Waals surface area contributed by atoms with E-state index in [2.05, 4.69) is 47.6 Å². The molecule has 2 heterocycles. The maximum atomic E-state index is 4.96. The second kappa shape index (κ2) is 6.61. The standard InChI is InChI=1S/C18H27N3/c1-3-4-14-21-17-11-7-6-10-16(17)19-18(21)15(2)20-12-8-5-9-13-20/h6-7,10-11,15H,3-5,8-9,12-14H2,1-2H3. The van der Waals surface area contributed by atoms with Gasteiger partial charge in [0.05, 0.1) is 17.1 Å². The zero-order valence-corrected chi connectivity index (χ0v) is 13.4. The molecule has 3 nitrogen and oxygen atoms in total. The molecule has 1 aliphatic heterocycles. The molecule has 1 aromatic heterocycles. The van der Waals surface area contributed by atoms with Crippen LogP contribution >= 0.6 is 0 Å². The van der Waals surface area contributed by atoms with Crippen LogP contribution in [0.3, 0.4) is 0 Å². The lowest BCUT2D eigenvalue weighted by atomic mass is 10.1. The average Bonchev–Trinajstić information content (AvgIpc) is 2.91. The third-order valence-corrected chi connectivity index (χ3v) is 4.73. The highest BCUT2D eigenvalue weighted by Gasteiger charge is 2.23. The number of aromatic nitrogens is 2. The van der Waals surface area contributed by atoms with Gasteiger partial charge in [-0.05, 0) is 51.4 Å². The van der Waals surface area contributed by atoms with Crippen molar-refractivity contribution in [2.75, 3.05) is 13.1 Å². The van der Waals surface area contributed by atoms with Crippen molar-refractivity contribution in [3.63, 3.8) is 0 Å². The number of imidazole rings is 1. The van der Waals surface area contributed by atoms with Crippen LogP contribution in [0.2, 0.25) is 0 Å². The summed E-state index contributed by atoms with van der Waals surface area (Å²) in [6.45, 7) is 8.11. The van der Waals surface area contributed by atoms with Crippen LogP contribution in [0.15, 0.2) is 24.3 Å². The summed E-state index contributed by atoms with van der Waals surface area (Å²) in [6.07, 6.45) is 6.50. The molecule has 1 aliphatic rings. The highest BCUT2D eigenvalue weighted by Crippen LogP contribution is 2.27. The van der Waals surface area contributed by atoms with E-state index >= 15 is 0 Å². The van der Waals surface area contributed by atoms with Crippen LogP contribution < -0.4 is 0 Å². The number of aryl methyl sites for hydroxylation is 1. The highest BCUT2D eigenvalue weighted by atomic mass is 15.2. The lowest BCUT2D eigenvalue weighted by Gasteiger charge is -2.32. The zero-order valence-electron chi connectivity index (χ0n) is 13.4. The van der Waals surface area contributed by atoms with Gasteiger partial charge in [0.1, 0.15) is 5.82 Å². The number of hydrogen-bond donors (Lipinski definition) is 0.